The van der Waals surface area contributed by atoms with Gasteiger partial charge in [0, 0.05) is 17.7 Å². The number of alkyl halides is 7. The molecular weight excluding hydrogens is 473 g/mol. The number of hydrogen-bond acceptors (Lipinski definition) is 2. The fourth-order valence-corrected chi connectivity index (χ4v) is 2.25. The summed E-state index contributed by atoms with van der Waals surface area (Å²) in [4.78, 5) is 23.4. The molecule has 0 saturated carbocycles. The van der Waals surface area contributed by atoms with Crippen LogP contribution in [-0.2, 0) is 5.92 Å². The molecule has 0 aliphatic carbocycles. The smallest absolute Gasteiger partial charge is 0.305 e. The maximum Gasteiger partial charge on any atom is 0.460 e. The number of carbonyl (C=O) groups excluding carboxylic acids is 2. The van der Waals surface area contributed by atoms with Gasteiger partial charge in [-0.25, -0.2) is 22.4 Å². The van der Waals surface area contributed by atoms with Crippen molar-refractivity contribution in [1.82, 2.24) is 5.32 Å². The zero-order chi connectivity index (χ0) is 24.6. The average Bonchev–Trinajstić information content (AvgIpc) is 2.61. The molecule has 2 N–H and O–H groups in total. The molecular formula is C17H7F11N2O2. The Morgan fingerprint density at radius 2 is 1.28 bits per heavy atom. The summed E-state index contributed by atoms with van der Waals surface area (Å²) in [6, 6.07) is -1.81. The Bertz CT molecular complexity index is 1040. The fraction of sp³-hybridized carbons (Fsp3) is 0.176. The Morgan fingerprint density at radius 3 is 1.75 bits per heavy atom. The number of benzene rings is 2. The summed E-state index contributed by atoms with van der Waals surface area (Å²) < 4.78 is 144. The minimum absolute atomic E-state index is 0.0561. The molecule has 2 rings (SSSR count). The molecule has 2 aromatic carbocycles. The first-order valence-corrected chi connectivity index (χ1v) is 7.88. The Hall–Kier alpha value is -3.39. The molecule has 0 bridgehead atoms. The van der Waals surface area contributed by atoms with Gasteiger partial charge in [0.25, 0.3) is 5.91 Å². The number of halogens is 11. The average molecular weight is 480 g/mol. The van der Waals surface area contributed by atoms with E-state index in [4.69, 9.17) is 0 Å². The first-order valence-electron chi connectivity index (χ1n) is 7.88. The molecule has 174 valence electrons. The Labute approximate surface area is 170 Å². The van der Waals surface area contributed by atoms with E-state index in [-0.39, 0.29) is 24.3 Å². The Balaban J connectivity index is 2.21. The van der Waals surface area contributed by atoms with Gasteiger partial charge in [-0.1, -0.05) is 6.07 Å². The third-order valence-corrected chi connectivity index (χ3v) is 3.79. The summed E-state index contributed by atoms with van der Waals surface area (Å²) in [7, 11) is 0. The molecule has 0 unspecified atom stereocenters. The molecule has 32 heavy (non-hydrogen) atoms. The lowest BCUT2D eigenvalue weighted by atomic mass is 10.0. The number of nitrogens with one attached hydrogen (secondary N) is 2. The molecule has 3 amide bonds. The number of urea groups is 1. The molecule has 0 spiro atoms. The van der Waals surface area contributed by atoms with Crippen molar-refractivity contribution in [3.05, 3.63) is 64.7 Å². The van der Waals surface area contributed by atoms with Gasteiger partial charge in [-0.15, -0.1) is 0 Å². The van der Waals surface area contributed by atoms with Crippen molar-refractivity contribution in [3.63, 3.8) is 0 Å². The highest BCUT2D eigenvalue weighted by molar-refractivity contribution is 6.08. The van der Waals surface area contributed by atoms with Crippen molar-refractivity contribution in [2.75, 3.05) is 5.32 Å². The number of imide groups is 1. The van der Waals surface area contributed by atoms with Crippen LogP contribution in [0.1, 0.15) is 15.9 Å². The molecule has 0 aliphatic heterocycles. The SMILES string of the molecule is O=C(NC(=O)c1c(F)cc(F)cc1F)Nc1ccc(C(F)(F)C(F)(F)C(F)(F)F)cc1F. The highest BCUT2D eigenvalue weighted by Crippen LogP contribution is 2.51. The van der Waals surface area contributed by atoms with Crippen LogP contribution in [0, 0.1) is 23.3 Å². The summed E-state index contributed by atoms with van der Waals surface area (Å²) in [5.74, 6) is -21.0. The quantitative estimate of drug-likeness (QED) is 0.569. The van der Waals surface area contributed by atoms with Crippen LogP contribution in [0.15, 0.2) is 30.3 Å². The first-order chi connectivity index (χ1) is 14.5. The molecule has 0 fully saturated rings. The van der Waals surface area contributed by atoms with E-state index in [0.717, 1.165) is 0 Å². The monoisotopic (exact) mass is 480 g/mol. The predicted molar refractivity (Wildman–Crippen MR) is 84.1 cm³/mol. The van der Waals surface area contributed by atoms with Crippen LogP contribution in [0.4, 0.5) is 58.8 Å². The number of anilines is 1. The standard InChI is InChI=1S/C17H7F11N2O2/c18-7-4-9(20)12(10(21)5-7)13(31)30-14(32)29-11-2-1-6(3-8(11)19)15(22,23)16(24,25)17(26,27)28/h1-5H,(H2,29,30,31,32). The summed E-state index contributed by atoms with van der Waals surface area (Å²) in [5.41, 5.74) is -4.58. The summed E-state index contributed by atoms with van der Waals surface area (Å²) in [6.07, 6.45) is -6.67. The molecule has 0 saturated heterocycles. The van der Waals surface area contributed by atoms with Crippen LogP contribution in [0.3, 0.4) is 0 Å². The predicted octanol–water partition coefficient (Wildman–Crippen LogP) is 5.49. The molecule has 0 aliphatic rings. The Morgan fingerprint density at radius 1 is 0.750 bits per heavy atom. The van der Waals surface area contributed by atoms with Gasteiger partial charge in [0.1, 0.15) is 28.8 Å². The molecule has 0 radical (unpaired) electrons. The van der Waals surface area contributed by atoms with Crippen molar-refractivity contribution in [2.45, 2.75) is 18.0 Å². The van der Waals surface area contributed by atoms with Crippen LogP contribution < -0.4 is 10.6 Å². The Kier molecular flexibility index (Phi) is 6.43. The number of rotatable bonds is 4. The van der Waals surface area contributed by atoms with Gasteiger partial charge in [-0.2, -0.15) is 30.7 Å². The first kappa shape index (κ1) is 24.9. The van der Waals surface area contributed by atoms with Gasteiger partial charge in [-0.3, -0.25) is 10.1 Å². The number of amides is 3. The highest BCUT2D eigenvalue weighted by Gasteiger charge is 2.73. The third kappa shape index (κ3) is 4.60. The lowest BCUT2D eigenvalue weighted by Gasteiger charge is -2.28. The largest absolute Gasteiger partial charge is 0.460 e. The van der Waals surface area contributed by atoms with Crippen LogP contribution in [0.25, 0.3) is 0 Å². The van der Waals surface area contributed by atoms with Gasteiger partial charge in [-0.05, 0) is 12.1 Å². The van der Waals surface area contributed by atoms with E-state index >= 15 is 0 Å². The van der Waals surface area contributed by atoms with Crippen LogP contribution in [0.5, 0.6) is 0 Å². The second-order valence-corrected chi connectivity index (χ2v) is 5.99. The summed E-state index contributed by atoms with van der Waals surface area (Å²) >= 11 is 0. The zero-order valence-corrected chi connectivity index (χ0v) is 14.9. The van der Waals surface area contributed by atoms with E-state index < -0.39 is 76.1 Å². The van der Waals surface area contributed by atoms with E-state index in [9.17, 15) is 57.9 Å². The molecule has 0 aromatic heterocycles. The van der Waals surface area contributed by atoms with Gasteiger partial charge in [0.15, 0.2) is 0 Å². The maximum absolute atomic E-state index is 13.9. The van der Waals surface area contributed by atoms with Crippen LogP contribution in [-0.4, -0.2) is 24.0 Å². The lowest BCUT2D eigenvalue weighted by molar-refractivity contribution is -0.359. The van der Waals surface area contributed by atoms with Gasteiger partial charge >= 0.3 is 24.1 Å². The van der Waals surface area contributed by atoms with Gasteiger partial charge in [0.05, 0.1) is 5.69 Å². The van der Waals surface area contributed by atoms with E-state index in [0.29, 0.717) is 0 Å². The highest BCUT2D eigenvalue weighted by atomic mass is 19.4. The fourth-order valence-electron chi connectivity index (χ4n) is 2.25. The molecule has 4 nitrogen and oxygen atoms in total. The van der Waals surface area contributed by atoms with E-state index in [2.05, 4.69) is 0 Å². The van der Waals surface area contributed by atoms with Crippen LogP contribution in [0.2, 0.25) is 0 Å². The molecule has 0 atom stereocenters. The molecule has 15 heteroatoms. The van der Waals surface area contributed by atoms with E-state index in [1.54, 1.807) is 0 Å². The summed E-state index contributed by atoms with van der Waals surface area (Å²) in [6.45, 7) is 0. The van der Waals surface area contributed by atoms with Crippen LogP contribution >= 0.6 is 0 Å². The summed E-state index contributed by atoms with van der Waals surface area (Å²) in [5, 5.41) is 2.78. The normalized spacial score (nSPS) is 12.5. The topological polar surface area (TPSA) is 58.2 Å². The van der Waals surface area contributed by atoms with E-state index in [1.807, 2.05) is 0 Å². The van der Waals surface area contributed by atoms with Gasteiger partial charge in [0.2, 0.25) is 0 Å². The second-order valence-electron chi connectivity index (χ2n) is 5.99. The van der Waals surface area contributed by atoms with Crippen molar-refractivity contribution in [3.8, 4) is 0 Å². The third-order valence-electron chi connectivity index (χ3n) is 3.79. The van der Waals surface area contributed by atoms with E-state index in [1.165, 1.54) is 10.6 Å². The van der Waals surface area contributed by atoms with Gasteiger partial charge < -0.3 is 5.32 Å². The second kappa shape index (κ2) is 8.27. The van der Waals surface area contributed by atoms with Crippen molar-refractivity contribution < 1.29 is 57.9 Å². The molecule has 2 aromatic rings. The van der Waals surface area contributed by atoms with Crippen molar-refractivity contribution >= 4 is 17.6 Å². The lowest BCUT2D eigenvalue weighted by Crippen LogP contribution is -2.50. The van der Waals surface area contributed by atoms with Crippen molar-refractivity contribution in [1.29, 1.82) is 0 Å². The maximum atomic E-state index is 13.9. The minimum Gasteiger partial charge on any atom is -0.305 e. The minimum atomic E-state index is -6.67. The van der Waals surface area contributed by atoms with Crippen molar-refractivity contribution in [2.24, 2.45) is 0 Å². The zero-order valence-electron chi connectivity index (χ0n) is 14.9. The number of carbonyl (C=O) groups is 2. The number of hydrogen-bond donors (Lipinski definition) is 2. The molecule has 0 heterocycles.